The lowest BCUT2D eigenvalue weighted by atomic mass is 10.1. The van der Waals surface area contributed by atoms with Crippen molar-refractivity contribution in [3.05, 3.63) is 81.1 Å². The van der Waals surface area contributed by atoms with Gasteiger partial charge in [-0.3, -0.25) is 4.79 Å². The Morgan fingerprint density at radius 2 is 1.96 bits per heavy atom. The molecule has 24 heavy (non-hydrogen) atoms. The summed E-state index contributed by atoms with van der Waals surface area (Å²) in [4.78, 5) is 17.0. The Kier molecular flexibility index (Phi) is 3.79. The summed E-state index contributed by atoms with van der Waals surface area (Å²) in [6.45, 7) is 0. The molecule has 1 aliphatic carbocycles. The first-order chi connectivity index (χ1) is 11.6. The average Bonchev–Trinajstić information content (AvgIpc) is 3.16. The fourth-order valence-corrected chi connectivity index (χ4v) is 3.79. The van der Waals surface area contributed by atoms with E-state index >= 15 is 0 Å². The van der Waals surface area contributed by atoms with Gasteiger partial charge < -0.3 is 0 Å². The molecular formula is C19H11ClFNOS. The van der Waals surface area contributed by atoms with Crippen LogP contribution in [0.3, 0.4) is 0 Å². The normalized spacial score (nSPS) is 15.1. The first-order valence-corrected chi connectivity index (χ1v) is 8.62. The highest BCUT2D eigenvalue weighted by Gasteiger charge is 2.26. The summed E-state index contributed by atoms with van der Waals surface area (Å²) in [6.07, 6.45) is 2.33. The molecule has 0 spiro atoms. The van der Waals surface area contributed by atoms with Crippen LogP contribution in [0.25, 0.3) is 16.6 Å². The Morgan fingerprint density at radius 3 is 2.71 bits per heavy atom. The van der Waals surface area contributed by atoms with Gasteiger partial charge in [0.2, 0.25) is 0 Å². The Labute approximate surface area is 147 Å². The van der Waals surface area contributed by atoms with E-state index in [-0.39, 0.29) is 11.6 Å². The topological polar surface area (TPSA) is 30.0 Å². The van der Waals surface area contributed by atoms with Gasteiger partial charge in [0.25, 0.3) is 0 Å². The Bertz CT molecular complexity index is 975. The summed E-state index contributed by atoms with van der Waals surface area (Å²) in [5.41, 5.74) is 3.82. The predicted molar refractivity (Wildman–Crippen MR) is 95.0 cm³/mol. The fraction of sp³-hybridized carbons (Fsp3) is 0.0526. The molecule has 0 bridgehead atoms. The molecule has 3 aromatic rings. The number of ketones is 1. The smallest absolute Gasteiger partial charge is 0.189 e. The van der Waals surface area contributed by atoms with Crippen LogP contribution in [0.5, 0.6) is 0 Å². The zero-order chi connectivity index (χ0) is 16.7. The molecule has 5 heteroatoms. The zero-order valence-electron chi connectivity index (χ0n) is 12.4. The number of allylic oxidation sites excluding steroid dienone is 1. The second-order valence-electron chi connectivity index (χ2n) is 5.53. The maximum absolute atomic E-state index is 13.0. The molecule has 2 aromatic carbocycles. The monoisotopic (exact) mass is 355 g/mol. The van der Waals surface area contributed by atoms with Crippen molar-refractivity contribution in [3.63, 3.8) is 0 Å². The van der Waals surface area contributed by atoms with E-state index in [0.29, 0.717) is 22.6 Å². The Morgan fingerprint density at radius 1 is 1.17 bits per heavy atom. The van der Waals surface area contributed by atoms with Crippen LogP contribution in [0.15, 0.2) is 53.4 Å². The van der Waals surface area contributed by atoms with Gasteiger partial charge in [-0.05, 0) is 42.0 Å². The van der Waals surface area contributed by atoms with Crippen LogP contribution in [0.4, 0.5) is 4.39 Å². The van der Waals surface area contributed by atoms with Crippen molar-refractivity contribution in [2.24, 2.45) is 0 Å². The van der Waals surface area contributed by atoms with Gasteiger partial charge in [-0.25, -0.2) is 9.37 Å². The van der Waals surface area contributed by atoms with Crippen LogP contribution >= 0.6 is 22.9 Å². The second kappa shape index (κ2) is 5.96. The van der Waals surface area contributed by atoms with Gasteiger partial charge in [-0.2, -0.15) is 0 Å². The van der Waals surface area contributed by atoms with Crippen molar-refractivity contribution in [2.75, 3.05) is 0 Å². The highest BCUT2D eigenvalue weighted by atomic mass is 35.5. The summed E-state index contributed by atoms with van der Waals surface area (Å²) in [6, 6.07) is 11.6. The summed E-state index contributed by atoms with van der Waals surface area (Å²) < 4.78 is 13.0. The highest BCUT2D eigenvalue weighted by Crippen LogP contribution is 2.33. The minimum absolute atomic E-state index is 0.00355. The predicted octanol–water partition coefficient (Wildman–Crippen LogP) is 5.43. The number of Topliss-reactive ketones (excluding diaryl/α,β-unsaturated/α-hetero) is 1. The number of fused-ring (bicyclic) bond motifs is 1. The number of carbonyl (C=O) groups is 1. The molecule has 0 aliphatic heterocycles. The van der Waals surface area contributed by atoms with Crippen LogP contribution in [0, 0.1) is 5.82 Å². The van der Waals surface area contributed by atoms with Crippen molar-refractivity contribution >= 4 is 34.8 Å². The van der Waals surface area contributed by atoms with Crippen LogP contribution in [0.1, 0.15) is 21.6 Å². The molecule has 0 unspecified atom stereocenters. The molecule has 4 rings (SSSR count). The fourth-order valence-electron chi connectivity index (χ4n) is 2.77. The Balaban J connectivity index is 1.65. The average molecular weight is 356 g/mol. The largest absolute Gasteiger partial charge is 0.289 e. The van der Waals surface area contributed by atoms with E-state index in [0.717, 1.165) is 21.8 Å². The van der Waals surface area contributed by atoms with E-state index in [1.807, 2.05) is 11.5 Å². The third-order valence-electron chi connectivity index (χ3n) is 3.96. The van der Waals surface area contributed by atoms with Crippen molar-refractivity contribution in [3.8, 4) is 10.6 Å². The number of carbonyl (C=O) groups excluding carboxylic acids is 1. The molecule has 0 radical (unpaired) electrons. The standard InChI is InChI=1S/C19H11ClFNOS/c20-17-3-1-2-15-16(17)9-12(18(15)23)8-14-10-24-19(22-14)11-4-6-13(21)7-5-11/h1-8,10H,9H2. The quantitative estimate of drug-likeness (QED) is 0.574. The van der Waals surface area contributed by atoms with E-state index in [9.17, 15) is 9.18 Å². The molecule has 118 valence electrons. The molecule has 0 atom stereocenters. The van der Waals surface area contributed by atoms with Crippen molar-refractivity contribution in [1.82, 2.24) is 4.98 Å². The van der Waals surface area contributed by atoms with Gasteiger partial charge in [0.05, 0.1) is 5.69 Å². The van der Waals surface area contributed by atoms with E-state index in [4.69, 9.17) is 11.6 Å². The van der Waals surface area contributed by atoms with Gasteiger partial charge in [-0.1, -0.05) is 23.7 Å². The third-order valence-corrected chi connectivity index (χ3v) is 5.22. The molecule has 1 aliphatic rings. The minimum atomic E-state index is -0.274. The minimum Gasteiger partial charge on any atom is -0.289 e. The number of hydrogen-bond acceptors (Lipinski definition) is 3. The molecule has 0 saturated carbocycles. The number of thiazole rings is 1. The maximum Gasteiger partial charge on any atom is 0.189 e. The number of rotatable bonds is 2. The van der Waals surface area contributed by atoms with Crippen molar-refractivity contribution in [2.45, 2.75) is 6.42 Å². The van der Waals surface area contributed by atoms with Crippen LogP contribution in [-0.2, 0) is 6.42 Å². The van der Waals surface area contributed by atoms with Gasteiger partial charge in [-0.15, -0.1) is 11.3 Å². The van der Waals surface area contributed by atoms with E-state index < -0.39 is 0 Å². The summed E-state index contributed by atoms with van der Waals surface area (Å²) in [5, 5.41) is 3.31. The zero-order valence-corrected chi connectivity index (χ0v) is 14.0. The number of hydrogen-bond donors (Lipinski definition) is 0. The molecular weight excluding hydrogens is 345 g/mol. The molecule has 2 nitrogen and oxygen atoms in total. The molecule has 0 N–H and O–H groups in total. The van der Waals surface area contributed by atoms with Gasteiger partial charge in [0.1, 0.15) is 10.8 Å². The van der Waals surface area contributed by atoms with Crippen LogP contribution < -0.4 is 0 Å². The van der Waals surface area contributed by atoms with Gasteiger partial charge in [0, 0.05) is 33.5 Å². The lowest BCUT2D eigenvalue weighted by Gasteiger charge is -1.97. The lowest BCUT2D eigenvalue weighted by Crippen LogP contribution is -1.95. The van der Waals surface area contributed by atoms with Crippen LogP contribution in [0.2, 0.25) is 5.02 Å². The number of halogens is 2. The molecule has 0 saturated heterocycles. The highest BCUT2D eigenvalue weighted by molar-refractivity contribution is 7.13. The van der Waals surface area contributed by atoms with Crippen LogP contribution in [-0.4, -0.2) is 10.8 Å². The molecule has 0 fully saturated rings. The SMILES string of the molecule is O=C1C(=Cc2csc(-c3ccc(F)cc3)n2)Cc2c(Cl)cccc21. The Hall–Kier alpha value is -2.30. The molecule has 0 amide bonds. The third kappa shape index (κ3) is 2.68. The molecule has 1 aromatic heterocycles. The maximum atomic E-state index is 13.0. The van der Waals surface area contributed by atoms with Gasteiger partial charge >= 0.3 is 0 Å². The van der Waals surface area contributed by atoms with E-state index in [1.165, 1.54) is 23.5 Å². The lowest BCUT2D eigenvalue weighted by molar-refractivity contribution is 0.104. The van der Waals surface area contributed by atoms with Gasteiger partial charge in [0.15, 0.2) is 5.78 Å². The van der Waals surface area contributed by atoms with E-state index in [1.54, 1.807) is 30.3 Å². The number of aromatic nitrogens is 1. The first-order valence-electron chi connectivity index (χ1n) is 7.36. The molecule has 1 heterocycles. The summed E-state index contributed by atoms with van der Waals surface area (Å²) in [7, 11) is 0. The van der Waals surface area contributed by atoms with E-state index in [2.05, 4.69) is 4.98 Å². The summed E-state index contributed by atoms with van der Waals surface area (Å²) in [5.74, 6) is -0.271. The van der Waals surface area contributed by atoms with Crippen molar-refractivity contribution < 1.29 is 9.18 Å². The van der Waals surface area contributed by atoms with Crippen molar-refractivity contribution in [1.29, 1.82) is 0 Å². The number of nitrogens with zero attached hydrogens (tertiary/aromatic N) is 1. The second-order valence-corrected chi connectivity index (χ2v) is 6.79. The summed E-state index contributed by atoms with van der Waals surface area (Å²) >= 11 is 7.64. The first kappa shape index (κ1) is 15.2. The number of benzene rings is 2.